The third-order valence-corrected chi connectivity index (χ3v) is 7.27. The average Bonchev–Trinajstić information content (AvgIpc) is 3.28. The van der Waals surface area contributed by atoms with Gasteiger partial charge in [-0.1, -0.05) is 23.7 Å². The molecule has 0 atom stereocenters. The van der Waals surface area contributed by atoms with Gasteiger partial charge in [-0.05, 0) is 60.9 Å². The lowest BCUT2D eigenvalue weighted by molar-refractivity contribution is -0.148. The summed E-state index contributed by atoms with van der Waals surface area (Å²) < 4.78 is 12.0. The number of halogens is 1. The highest BCUT2D eigenvalue weighted by Gasteiger charge is 2.37. The number of pyridine rings is 1. The Morgan fingerprint density at radius 2 is 1.88 bits per heavy atom. The minimum absolute atomic E-state index is 0.154. The van der Waals surface area contributed by atoms with Gasteiger partial charge in [-0.2, -0.15) is 5.10 Å². The van der Waals surface area contributed by atoms with E-state index in [-0.39, 0.29) is 17.9 Å². The number of ether oxygens (including phenoxy) is 2. The number of aliphatic carboxylic acids is 1. The maximum atomic E-state index is 11.3. The molecule has 7 nitrogen and oxygen atoms in total. The van der Waals surface area contributed by atoms with E-state index >= 15 is 0 Å². The zero-order valence-electron chi connectivity index (χ0n) is 18.5. The standard InChI is InChI=1S/C26H24ClN3O4/c27-18-3-1-14(2-4-18)23-20-11-17-13-28-30-22(17)12-21(20)25(34-19-9-16(10-19)26(31)32)29-24(23)15-5-7-33-8-6-15/h1-4,11-13,15-16,19H,5-10H2,(H,28,30)(H,31,32). The van der Waals surface area contributed by atoms with Crippen LogP contribution in [-0.4, -0.2) is 45.6 Å². The summed E-state index contributed by atoms with van der Waals surface area (Å²) in [6.07, 6.45) is 4.43. The molecule has 2 fully saturated rings. The molecule has 6 rings (SSSR count). The molecule has 0 unspecified atom stereocenters. The second kappa shape index (κ2) is 8.56. The second-order valence-corrected chi connectivity index (χ2v) is 9.61. The molecule has 1 aliphatic carbocycles. The molecule has 1 saturated heterocycles. The van der Waals surface area contributed by atoms with E-state index in [2.05, 4.69) is 16.3 Å². The fourth-order valence-electron chi connectivity index (χ4n) is 5.04. The van der Waals surface area contributed by atoms with Crippen molar-refractivity contribution in [2.24, 2.45) is 5.92 Å². The number of hydrogen-bond acceptors (Lipinski definition) is 5. The van der Waals surface area contributed by atoms with Crippen molar-refractivity contribution in [3.63, 3.8) is 0 Å². The lowest BCUT2D eigenvalue weighted by Gasteiger charge is -2.33. The monoisotopic (exact) mass is 477 g/mol. The van der Waals surface area contributed by atoms with Crippen LogP contribution in [0, 0.1) is 5.92 Å². The molecule has 3 heterocycles. The highest BCUT2D eigenvalue weighted by molar-refractivity contribution is 6.30. The number of nitrogens with one attached hydrogen (secondary N) is 1. The van der Waals surface area contributed by atoms with E-state index in [1.807, 2.05) is 36.5 Å². The van der Waals surface area contributed by atoms with Gasteiger partial charge in [-0.25, -0.2) is 4.98 Å². The predicted octanol–water partition coefficient (Wildman–Crippen LogP) is 5.57. The SMILES string of the molecule is O=C(O)C1CC(Oc2nc(C3CCOCC3)c(-c3ccc(Cl)cc3)c3cc4cn[nH]c4cc23)C1. The maximum absolute atomic E-state index is 11.3. The lowest BCUT2D eigenvalue weighted by Crippen LogP contribution is -2.38. The van der Waals surface area contributed by atoms with E-state index in [0.717, 1.165) is 51.3 Å². The predicted molar refractivity (Wildman–Crippen MR) is 129 cm³/mol. The Hall–Kier alpha value is -3.16. The Kier molecular flexibility index (Phi) is 5.38. The number of nitrogens with zero attached hydrogens (tertiary/aromatic N) is 2. The fraction of sp³-hybridized carbons (Fsp3) is 0.346. The van der Waals surface area contributed by atoms with E-state index in [9.17, 15) is 9.90 Å². The normalized spacial score (nSPS) is 21.0. The summed E-state index contributed by atoms with van der Waals surface area (Å²) in [4.78, 5) is 16.4. The molecule has 1 aliphatic heterocycles. The van der Waals surface area contributed by atoms with Gasteiger partial charge in [0, 0.05) is 40.5 Å². The number of carboxylic acids is 1. The van der Waals surface area contributed by atoms with Gasteiger partial charge in [0.1, 0.15) is 6.10 Å². The number of fused-ring (bicyclic) bond motifs is 2. The Labute approximate surface area is 201 Å². The van der Waals surface area contributed by atoms with Gasteiger partial charge >= 0.3 is 5.97 Å². The van der Waals surface area contributed by atoms with Crippen LogP contribution in [0.5, 0.6) is 5.88 Å². The number of benzene rings is 2. The van der Waals surface area contributed by atoms with E-state index < -0.39 is 5.97 Å². The van der Waals surface area contributed by atoms with Gasteiger partial charge in [-0.15, -0.1) is 0 Å². The van der Waals surface area contributed by atoms with E-state index in [1.54, 1.807) is 0 Å². The topological polar surface area (TPSA) is 97.3 Å². The van der Waals surface area contributed by atoms with Crippen LogP contribution >= 0.6 is 11.6 Å². The zero-order chi connectivity index (χ0) is 23.2. The first-order valence-corrected chi connectivity index (χ1v) is 12.0. The summed E-state index contributed by atoms with van der Waals surface area (Å²) >= 11 is 6.20. The third kappa shape index (κ3) is 3.79. The molecule has 4 aromatic rings. The summed E-state index contributed by atoms with van der Waals surface area (Å²) in [5.41, 5.74) is 4.01. The van der Waals surface area contributed by atoms with Crippen molar-refractivity contribution in [3.8, 4) is 17.0 Å². The van der Waals surface area contributed by atoms with E-state index in [1.165, 1.54) is 0 Å². The third-order valence-electron chi connectivity index (χ3n) is 7.02. The zero-order valence-corrected chi connectivity index (χ0v) is 19.2. The van der Waals surface area contributed by atoms with Crippen molar-refractivity contribution >= 4 is 39.2 Å². The first-order chi connectivity index (χ1) is 16.6. The Balaban J connectivity index is 1.55. The average molecular weight is 478 g/mol. The molecule has 2 N–H and O–H groups in total. The fourth-order valence-corrected chi connectivity index (χ4v) is 5.16. The van der Waals surface area contributed by atoms with Crippen LogP contribution in [0.15, 0.2) is 42.6 Å². The van der Waals surface area contributed by atoms with Crippen molar-refractivity contribution < 1.29 is 19.4 Å². The Morgan fingerprint density at radius 3 is 2.62 bits per heavy atom. The summed E-state index contributed by atoms with van der Waals surface area (Å²) in [6.45, 7) is 1.40. The highest BCUT2D eigenvalue weighted by Crippen LogP contribution is 2.44. The molecule has 34 heavy (non-hydrogen) atoms. The molecule has 8 heteroatoms. The van der Waals surface area contributed by atoms with Crippen LogP contribution in [0.1, 0.15) is 37.3 Å². The molecule has 174 valence electrons. The minimum Gasteiger partial charge on any atom is -0.481 e. The van der Waals surface area contributed by atoms with E-state index in [0.29, 0.717) is 37.0 Å². The van der Waals surface area contributed by atoms with Crippen molar-refractivity contribution in [1.29, 1.82) is 0 Å². The van der Waals surface area contributed by atoms with Crippen LogP contribution < -0.4 is 4.74 Å². The highest BCUT2D eigenvalue weighted by atomic mass is 35.5. The van der Waals surface area contributed by atoms with Gasteiger partial charge in [0.15, 0.2) is 0 Å². The summed E-state index contributed by atoms with van der Waals surface area (Å²) in [5.74, 6) is -0.323. The lowest BCUT2D eigenvalue weighted by atomic mass is 9.82. The largest absolute Gasteiger partial charge is 0.481 e. The molecule has 0 spiro atoms. The summed E-state index contributed by atoms with van der Waals surface area (Å²) in [6, 6.07) is 12.0. The van der Waals surface area contributed by atoms with E-state index in [4.69, 9.17) is 26.1 Å². The second-order valence-electron chi connectivity index (χ2n) is 9.17. The molecule has 2 aromatic carbocycles. The number of carboxylic acid groups (broad SMARTS) is 1. The van der Waals surface area contributed by atoms with Crippen molar-refractivity contribution in [3.05, 3.63) is 53.3 Å². The number of hydrogen-bond donors (Lipinski definition) is 2. The molecular weight excluding hydrogens is 454 g/mol. The van der Waals surface area contributed by atoms with Crippen LogP contribution in [-0.2, 0) is 9.53 Å². The molecular formula is C26H24ClN3O4. The van der Waals surface area contributed by atoms with Gasteiger partial charge < -0.3 is 14.6 Å². The molecule has 0 amide bonds. The van der Waals surface area contributed by atoms with Gasteiger partial charge in [0.2, 0.25) is 5.88 Å². The van der Waals surface area contributed by atoms with Crippen LogP contribution in [0.3, 0.4) is 0 Å². The first kappa shape index (κ1) is 21.4. The van der Waals surface area contributed by atoms with Crippen LogP contribution in [0.4, 0.5) is 0 Å². The first-order valence-electron chi connectivity index (χ1n) is 11.6. The van der Waals surface area contributed by atoms with Gasteiger partial charge in [-0.3, -0.25) is 9.89 Å². The molecule has 2 aliphatic rings. The van der Waals surface area contributed by atoms with Crippen molar-refractivity contribution in [2.75, 3.05) is 13.2 Å². The molecule has 1 saturated carbocycles. The summed E-state index contributed by atoms with van der Waals surface area (Å²) in [5, 5.41) is 20.1. The quantitative estimate of drug-likeness (QED) is 0.390. The number of rotatable bonds is 5. The van der Waals surface area contributed by atoms with Gasteiger partial charge in [0.05, 0.1) is 23.3 Å². The minimum atomic E-state index is -0.766. The number of H-pyrrole nitrogens is 1. The van der Waals surface area contributed by atoms with Crippen molar-refractivity contribution in [2.45, 2.75) is 37.7 Å². The van der Waals surface area contributed by atoms with Gasteiger partial charge in [0.25, 0.3) is 0 Å². The smallest absolute Gasteiger partial charge is 0.306 e. The van der Waals surface area contributed by atoms with Crippen molar-refractivity contribution in [1.82, 2.24) is 15.2 Å². The molecule has 0 radical (unpaired) electrons. The number of aromatic nitrogens is 3. The molecule has 2 aromatic heterocycles. The summed E-state index contributed by atoms with van der Waals surface area (Å²) in [7, 11) is 0. The van der Waals surface area contributed by atoms with Crippen LogP contribution in [0.2, 0.25) is 5.02 Å². The van der Waals surface area contributed by atoms with Crippen LogP contribution in [0.25, 0.3) is 32.8 Å². The Morgan fingerprint density at radius 1 is 1.12 bits per heavy atom. The number of aromatic amines is 1. The molecule has 0 bridgehead atoms. The number of carbonyl (C=O) groups is 1. The Bertz CT molecular complexity index is 1370. The maximum Gasteiger partial charge on any atom is 0.306 e.